The average Bonchev–Trinajstić information content (AvgIpc) is 3.37. The number of aliphatic carboxylic acids is 1. The maximum atomic E-state index is 13.1. The van der Waals surface area contributed by atoms with Crippen LogP contribution in [0.5, 0.6) is 0 Å². The molecule has 0 radical (unpaired) electrons. The third kappa shape index (κ3) is 4.44. The van der Waals surface area contributed by atoms with Crippen LogP contribution in [0, 0.1) is 5.92 Å². The summed E-state index contributed by atoms with van der Waals surface area (Å²) >= 11 is 1.45. The molecule has 2 aliphatic rings. The lowest BCUT2D eigenvalue weighted by Crippen LogP contribution is -2.54. The first-order valence-electron chi connectivity index (χ1n) is 11.1. The summed E-state index contributed by atoms with van der Waals surface area (Å²) in [6.07, 6.45) is -0.697. The van der Waals surface area contributed by atoms with Crippen molar-refractivity contribution in [3.8, 4) is 11.1 Å². The molecule has 1 aliphatic carbocycles. The highest BCUT2D eigenvalue weighted by atomic mass is 32.2. The summed E-state index contributed by atoms with van der Waals surface area (Å²) in [5.41, 5.74) is 4.48. The van der Waals surface area contributed by atoms with Gasteiger partial charge in [0.25, 0.3) is 0 Å². The summed E-state index contributed by atoms with van der Waals surface area (Å²) in [4.78, 5) is 38.7. The zero-order valence-corrected chi connectivity index (χ0v) is 19.7. The minimum Gasteiger partial charge on any atom is -0.480 e. The van der Waals surface area contributed by atoms with Crippen molar-refractivity contribution >= 4 is 29.7 Å². The van der Waals surface area contributed by atoms with Crippen molar-refractivity contribution in [2.45, 2.75) is 44.1 Å². The molecule has 1 saturated heterocycles. The van der Waals surface area contributed by atoms with Crippen molar-refractivity contribution in [1.82, 2.24) is 10.2 Å². The van der Waals surface area contributed by atoms with Crippen LogP contribution in [0.3, 0.4) is 0 Å². The van der Waals surface area contributed by atoms with Crippen molar-refractivity contribution in [3.63, 3.8) is 0 Å². The molecule has 2 amide bonds. The van der Waals surface area contributed by atoms with E-state index >= 15 is 0 Å². The van der Waals surface area contributed by atoms with Crippen molar-refractivity contribution in [3.05, 3.63) is 59.7 Å². The van der Waals surface area contributed by atoms with Gasteiger partial charge in [0, 0.05) is 11.7 Å². The number of thioether (sulfide) groups is 1. The van der Waals surface area contributed by atoms with E-state index in [1.165, 1.54) is 16.7 Å². The molecular formula is C25H28N2O5S. The molecular weight excluding hydrogens is 440 g/mol. The van der Waals surface area contributed by atoms with Gasteiger partial charge in [-0.1, -0.05) is 62.4 Å². The van der Waals surface area contributed by atoms with E-state index in [0.717, 1.165) is 22.3 Å². The number of carbonyl (C=O) groups excluding carboxylic acids is 2. The van der Waals surface area contributed by atoms with E-state index in [2.05, 4.69) is 17.4 Å². The first kappa shape index (κ1) is 23.2. The van der Waals surface area contributed by atoms with E-state index in [9.17, 15) is 19.5 Å². The lowest BCUT2D eigenvalue weighted by molar-refractivity contribution is -0.150. The monoisotopic (exact) mass is 468 g/mol. The normalized spacial score (nSPS) is 20.3. The Balaban J connectivity index is 1.41. The first-order chi connectivity index (χ1) is 15.8. The average molecular weight is 469 g/mol. The van der Waals surface area contributed by atoms with Gasteiger partial charge in [-0.25, -0.2) is 9.59 Å². The van der Waals surface area contributed by atoms with Gasteiger partial charge in [0.2, 0.25) is 5.91 Å². The largest absolute Gasteiger partial charge is 0.480 e. The molecule has 8 heteroatoms. The number of amides is 2. The second-order valence-electron chi connectivity index (χ2n) is 8.76. The fraction of sp³-hybridized carbons (Fsp3) is 0.400. The molecule has 2 aromatic carbocycles. The van der Waals surface area contributed by atoms with E-state index in [1.54, 1.807) is 6.92 Å². The summed E-state index contributed by atoms with van der Waals surface area (Å²) in [5, 5.41) is 11.9. The lowest BCUT2D eigenvalue weighted by atomic mass is 9.98. The highest BCUT2D eigenvalue weighted by molar-refractivity contribution is 8.00. The molecule has 0 bridgehead atoms. The van der Waals surface area contributed by atoms with Gasteiger partial charge in [0.05, 0.1) is 5.37 Å². The highest BCUT2D eigenvalue weighted by Crippen LogP contribution is 2.44. The molecule has 1 heterocycles. The van der Waals surface area contributed by atoms with Gasteiger partial charge < -0.3 is 20.1 Å². The van der Waals surface area contributed by atoms with Gasteiger partial charge in [-0.15, -0.1) is 11.8 Å². The van der Waals surface area contributed by atoms with E-state index in [-0.39, 0.29) is 23.8 Å². The topological polar surface area (TPSA) is 95.9 Å². The molecule has 0 spiro atoms. The SMILES string of the molecule is CC(C)C1SCC(C(=O)O)N1C(=O)[C@@H](C)NC(=O)OCC1c2ccccc2-c2ccccc21. The van der Waals surface area contributed by atoms with E-state index in [4.69, 9.17) is 4.74 Å². The van der Waals surface area contributed by atoms with Crippen LogP contribution in [-0.2, 0) is 14.3 Å². The van der Waals surface area contributed by atoms with Crippen molar-refractivity contribution in [2.75, 3.05) is 12.4 Å². The Morgan fingerprint density at radius 1 is 1.06 bits per heavy atom. The Hall–Kier alpha value is -3.00. The third-order valence-electron chi connectivity index (χ3n) is 6.19. The Labute approximate surface area is 197 Å². The number of hydrogen-bond donors (Lipinski definition) is 2. The number of rotatable bonds is 6. The van der Waals surface area contributed by atoms with Crippen molar-refractivity contribution in [1.29, 1.82) is 0 Å². The number of alkyl carbamates (subject to hydrolysis) is 1. The number of hydrogen-bond acceptors (Lipinski definition) is 5. The Kier molecular flexibility index (Phi) is 6.65. The molecule has 1 aliphatic heterocycles. The van der Waals surface area contributed by atoms with Crippen LogP contribution in [0.25, 0.3) is 11.1 Å². The van der Waals surface area contributed by atoms with Crippen molar-refractivity contribution < 1.29 is 24.2 Å². The van der Waals surface area contributed by atoms with Gasteiger partial charge in [0.15, 0.2) is 0 Å². The predicted octanol–water partition coefficient (Wildman–Crippen LogP) is 3.92. The number of carbonyl (C=O) groups is 3. The molecule has 174 valence electrons. The second-order valence-corrected chi connectivity index (χ2v) is 9.91. The van der Waals surface area contributed by atoms with Crippen LogP contribution >= 0.6 is 11.8 Å². The molecule has 2 aromatic rings. The maximum Gasteiger partial charge on any atom is 0.407 e. The molecule has 2 unspecified atom stereocenters. The van der Waals surface area contributed by atoms with E-state index in [1.807, 2.05) is 50.2 Å². The molecule has 0 aromatic heterocycles. The number of fused-ring (bicyclic) bond motifs is 3. The number of carboxylic acids is 1. The van der Waals surface area contributed by atoms with E-state index in [0.29, 0.717) is 5.75 Å². The molecule has 7 nitrogen and oxygen atoms in total. The quantitative estimate of drug-likeness (QED) is 0.667. The van der Waals surface area contributed by atoms with Crippen LogP contribution in [0.2, 0.25) is 0 Å². The number of benzene rings is 2. The third-order valence-corrected chi connectivity index (χ3v) is 7.81. The highest BCUT2D eigenvalue weighted by Gasteiger charge is 2.44. The van der Waals surface area contributed by atoms with Gasteiger partial charge in [-0.3, -0.25) is 4.79 Å². The number of nitrogens with zero attached hydrogens (tertiary/aromatic N) is 1. The van der Waals surface area contributed by atoms with Gasteiger partial charge in [-0.05, 0) is 35.1 Å². The molecule has 33 heavy (non-hydrogen) atoms. The minimum atomic E-state index is -1.03. The summed E-state index contributed by atoms with van der Waals surface area (Å²) in [5.74, 6) is -1.11. The van der Waals surface area contributed by atoms with Crippen LogP contribution in [0.1, 0.15) is 37.8 Å². The molecule has 2 N–H and O–H groups in total. The summed E-state index contributed by atoms with van der Waals surface area (Å²) in [6.45, 7) is 5.60. The molecule has 0 saturated carbocycles. The molecule has 1 fully saturated rings. The van der Waals surface area contributed by atoms with Gasteiger partial charge in [-0.2, -0.15) is 0 Å². The van der Waals surface area contributed by atoms with Gasteiger partial charge in [0.1, 0.15) is 18.7 Å². The van der Waals surface area contributed by atoms with Crippen LogP contribution < -0.4 is 5.32 Å². The maximum absolute atomic E-state index is 13.1. The van der Waals surface area contributed by atoms with Crippen molar-refractivity contribution in [2.24, 2.45) is 5.92 Å². The first-order valence-corrected chi connectivity index (χ1v) is 12.1. The zero-order chi connectivity index (χ0) is 23.7. The Morgan fingerprint density at radius 3 is 2.18 bits per heavy atom. The second kappa shape index (κ2) is 9.47. The number of ether oxygens (including phenoxy) is 1. The van der Waals surface area contributed by atoms with Gasteiger partial charge >= 0.3 is 12.1 Å². The minimum absolute atomic E-state index is 0.0779. The summed E-state index contributed by atoms with van der Waals surface area (Å²) in [7, 11) is 0. The number of carboxylic acid groups (broad SMARTS) is 1. The lowest BCUT2D eigenvalue weighted by Gasteiger charge is -2.32. The summed E-state index contributed by atoms with van der Waals surface area (Å²) < 4.78 is 5.53. The number of nitrogens with one attached hydrogen (secondary N) is 1. The van der Waals surface area contributed by atoms with E-state index < -0.39 is 30.1 Å². The fourth-order valence-corrected chi connectivity index (χ4v) is 6.09. The molecule has 3 atom stereocenters. The fourth-order valence-electron chi connectivity index (χ4n) is 4.61. The zero-order valence-electron chi connectivity index (χ0n) is 18.9. The Bertz CT molecular complexity index is 1030. The smallest absolute Gasteiger partial charge is 0.407 e. The molecule has 4 rings (SSSR count). The predicted molar refractivity (Wildman–Crippen MR) is 127 cm³/mol. The van der Waals surface area contributed by atoms with Crippen LogP contribution in [-0.4, -0.2) is 57.8 Å². The Morgan fingerprint density at radius 2 is 1.64 bits per heavy atom. The van der Waals surface area contributed by atoms with Crippen LogP contribution in [0.4, 0.5) is 4.79 Å². The standard InChI is InChI=1S/C25H28N2O5S/c1-14(2)23-27(21(13-33-23)24(29)30)22(28)15(3)26-25(31)32-12-20-18-10-6-4-8-16(18)17-9-5-7-11-19(17)20/h4-11,14-15,20-21,23H,12-13H2,1-3H3,(H,26,31)(H,29,30)/t15-,21?,23?/m1/s1. The summed E-state index contributed by atoms with van der Waals surface area (Å²) in [6, 6.07) is 14.3. The van der Waals surface area contributed by atoms with Crippen LogP contribution in [0.15, 0.2) is 48.5 Å².